The normalized spacial score (nSPS) is 22.3. The molecule has 2 aliphatic rings. The summed E-state index contributed by atoms with van der Waals surface area (Å²) in [6, 6.07) is 31.5. The van der Waals surface area contributed by atoms with Crippen LogP contribution >= 0.6 is 11.3 Å². The van der Waals surface area contributed by atoms with Gasteiger partial charge in [-0.2, -0.15) is 0 Å². The number of benzene rings is 4. The number of aliphatic hydroxyl groups excluding tert-OH is 2. The number of thiophene rings is 1. The minimum Gasteiger partial charge on any atom is -0.481 e. The van der Waals surface area contributed by atoms with Gasteiger partial charge in [0, 0.05) is 29.8 Å². The second-order valence-electron chi connectivity index (χ2n) is 14.4. The molecule has 7 N–H and O–H groups in total. The van der Waals surface area contributed by atoms with Crippen LogP contribution < -0.4 is 21.3 Å². The molecule has 4 amide bonds. The van der Waals surface area contributed by atoms with Gasteiger partial charge in [-0.05, 0) is 64.2 Å². The Kier molecular flexibility index (Phi) is 14.1. The molecule has 7 rings (SSSR count). The van der Waals surface area contributed by atoms with Gasteiger partial charge >= 0.3 is 5.97 Å². The summed E-state index contributed by atoms with van der Waals surface area (Å²) in [5.41, 5.74) is 3.95. The first-order chi connectivity index (χ1) is 28.4. The summed E-state index contributed by atoms with van der Waals surface area (Å²) >= 11 is 1.30. The Balaban J connectivity index is 1.37. The average molecular weight is 817 g/mol. The first kappa shape index (κ1) is 42.1. The topological polar surface area (TPSA) is 211 Å². The van der Waals surface area contributed by atoms with Crippen molar-refractivity contribution in [3.63, 3.8) is 0 Å². The van der Waals surface area contributed by atoms with E-state index in [0.29, 0.717) is 21.6 Å². The lowest BCUT2D eigenvalue weighted by Crippen LogP contribution is -2.58. The summed E-state index contributed by atoms with van der Waals surface area (Å²) in [5, 5.41) is 43.9. The van der Waals surface area contributed by atoms with Crippen LogP contribution in [-0.4, -0.2) is 81.0 Å². The van der Waals surface area contributed by atoms with Crippen LogP contribution in [0.1, 0.15) is 28.0 Å². The summed E-state index contributed by atoms with van der Waals surface area (Å²) in [6.07, 6.45) is -5.10. The van der Waals surface area contributed by atoms with Gasteiger partial charge in [0.05, 0.1) is 12.0 Å². The number of carboxylic acids is 1. The van der Waals surface area contributed by atoms with E-state index in [-0.39, 0.29) is 31.4 Å². The molecular weight excluding hydrogens is 773 g/mol. The highest BCUT2D eigenvalue weighted by Gasteiger charge is 2.36. The average Bonchev–Trinajstić information content (AvgIpc) is 3.76. The SMILES string of the molecule is O=C(O)[C@@H]1CC(=O)[C@@H](Cc2ccccc2)NC(=O)[C@H](Cc2ccc(-c3ccccc3)cc2)NC(=O)[C@H](Cc2cccs2)NC(=O)[C@H](O)[C@@H](O)C(=O)Nc2ccc(cc2)C1. The molecular formula is C45H44N4O9S. The quantitative estimate of drug-likeness (QED) is 0.114. The maximum absolute atomic E-state index is 14.4. The van der Waals surface area contributed by atoms with E-state index in [1.54, 1.807) is 60.0 Å². The Morgan fingerprint density at radius 2 is 1.10 bits per heavy atom. The van der Waals surface area contributed by atoms with Gasteiger partial charge in [-0.3, -0.25) is 28.8 Å². The highest BCUT2D eigenvalue weighted by atomic mass is 32.1. The molecule has 0 radical (unpaired) electrons. The predicted molar refractivity (Wildman–Crippen MR) is 221 cm³/mol. The lowest BCUT2D eigenvalue weighted by Gasteiger charge is -2.26. The standard InChI is InChI=1S/C45H44N4O9S/c50-38-25-32(45(57)58)22-28-15-19-33(20-16-28)46-43(55)39(51)40(52)44(56)49-37(26-34-12-7-21-59-34)42(54)48-36(41(53)47-35(38)23-27-8-3-1-4-9-27)24-29-13-17-31(18-14-29)30-10-5-2-6-11-30/h1-21,32,35-37,39-40,51-52H,22-26H2,(H,46,55)(H,47,53)(H,48,54)(H,49,56)(H,57,58)/t32-,35+,36-,37-,39+,40+/m0/s1. The summed E-state index contributed by atoms with van der Waals surface area (Å²) < 4.78 is 0. The van der Waals surface area contributed by atoms with Crippen molar-refractivity contribution in [2.75, 3.05) is 5.32 Å². The monoisotopic (exact) mass is 816 g/mol. The number of hydrogen-bond acceptors (Lipinski definition) is 9. The zero-order chi connectivity index (χ0) is 41.9. The van der Waals surface area contributed by atoms with Gasteiger partial charge in [0.1, 0.15) is 12.1 Å². The van der Waals surface area contributed by atoms with Crippen molar-refractivity contribution in [1.82, 2.24) is 16.0 Å². The third kappa shape index (κ3) is 11.6. The molecule has 0 saturated carbocycles. The number of Topliss-reactive ketones (excluding diaryl/α,β-unsaturated/α-hetero) is 1. The maximum Gasteiger partial charge on any atom is 0.307 e. The molecule has 0 aliphatic carbocycles. The molecule has 0 unspecified atom stereocenters. The molecule has 6 atom stereocenters. The Labute approximate surface area is 344 Å². The maximum atomic E-state index is 14.4. The third-order valence-electron chi connectivity index (χ3n) is 10.1. The van der Waals surface area contributed by atoms with E-state index in [1.165, 1.54) is 23.5 Å². The van der Waals surface area contributed by atoms with E-state index in [2.05, 4.69) is 21.3 Å². The number of hydrogen-bond donors (Lipinski definition) is 7. The minimum atomic E-state index is -2.29. The molecule has 59 heavy (non-hydrogen) atoms. The van der Waals surface area contributed by atoms with Gasteiger partial charge in [0.15, 0.2) is 18.0 Å². The largest absolute Gasteiger partial charge is 0.481 e. The van der Waals surface area contributed by atoms with Crippen molar-refractivity contribution in [1.29, 1.82) is 0 Å². The highest BCUT2D eigenvalue weighted by molar-refractivity contribution is 7.09. The summed E-state index contributed by atoms with van der Waals surface area (Å²) in [6.45, 7) is 0. The highest BCUT2D eigenvalue weighted by Crippen LogP contribution is 2.22. The van der Waals surface area contributed by atoms with E-state index >= 15 is 0 Å². The first-order valence-corrected chi connectivity index (χ1v) is 19.9. The fourth-order valence-electron chi connectivity index (χ4n) is 6.79. The molecule has 304 valence electrons. The second kappa shape index (κ2) is 19.8. The number of carbonyl (C=O) groups is 6. The summed E-state index contributed by atoms with van der Waals surface area (Å²) in [5.74, 6) is -6.82. The third-order valence-corrected chi connectivity index (χ3v) is 11.0. The van der Waals surface area contributed by atoms with Gasteiger partial charge in [0.25, 0.3) is 11.8 Å². The molecule has 14 heteroatoms. The molecule has 1 aromatic heterocycles. The first-order valence-electron chi connectivity index (χ1n) is 19.1. The van der Waals surface area contributed by atoms with Gasteiger partial charge in [0.2, 0.25) is 11.8 Å². The van der Waals surface area contributed by atoms with E-state index in [0.717, 1.165) is 11.1 Å². The molecule has 0 fully saturated rings. The van der Waals surface area contributed by atoms with Crippen molar-refractivity contribution >= 4 is 52.4 Å². The molecule has 2 bridgehead atoms. The van der Waals surface area contributed by atoms with Gasteiger partial charge in [-0.15, -0.1) is 11.3 Å². The van der Waals surface area contributed by atoms with Crippen LogP contribution in [0.25, 0.3) is 11.1 Å². The van der Waals surface area contributed by atoms with Crippen LogP contribution in [0, 0.1) is 5.92 Å². The number of anilines is 1. The van der Waals surface area contributed by atoms with Crippen molar-refractivity contribution in [3.8, 4) is 11.1 Å². The van der Waals surface area contributed by atoms with Crippen LogP contribution in [0.3, 0.4) is 0 Å². The molecule has 4 aromatic carbocycles. The van der Waals surface area contributed by atoms with E-state index in [1.807, 2.05) is 54.6 Å². The fourth-order valence-corrected chi connectivity index (χ4v) is 7.54. The Bertz CT molecular complexity index is 2230. The van der Waals surface area contributed by atoms with Crippen molar-refractivity contribution < 1.29 is 44.1 Å². The number of aliphatic carboxylic acids is 1. The summed E-state index contributed by atoms with van der Waals surface area (Å²) in [4.78, 5) is 82.2. The van der Waals surface area contributed by atoms with Crippen LogP contribution in [-0.2, 0) is 54.5 Å². The second-order valence-corrected chi connectivity index (χ2v) is 15.4. The smallest absolute Gasteiger partial charge is 0.307 e. The zero-order valence-corrected chi connectivity index (χ0v) is 32.6. The number of ketones is 1. The lowest BCUT2D eigenvalue weighted by atomic mass is 9.90. The predicted octanol–water partition coefficient (Wildman–Crippen LogP) is 3.47. The zero-order valence-electron chi connectivity index (χ0n) is 31.8. The number of rotatable bonds is 8. The van der Waals surface area contributed by atoms with Crippen LogP contribution in [0.2, 0.25) is 0 Å². The molecule has 13 nitrogen and oxygen atoms in total. The fraction of sp³-hybridized carbons (Fsp3) is 0.244. The van der Waals surface area contributed by atoms with Crippen LogP contribution in [0.4, 0.5) is 5.69 Å². The number of nitrogens with one attached hydrogen (secondary N) is 4. The molecule has 2 aliphatic heterocycles. The van der Waals surface area contributed by atoms with E-state index in [9.17, 15) is 44.1 Å². The Hall–Kier alpha value is -6.48. The van der Waals surface area contributed by atoms with Crippen molar-refractivity contribution in [2.45, 2.75) is 62.4 Å². The van der Waals surface area contributed by atoms with Gasteiger partial charge in [-0.1, -0.05) is 103 Å². The van der Waals surface area contributed by atoms with Gasteiger partial charge in [-0.25, -0.2) is 0 Å². The van der Waals surface area contributed by atoms with Crippen LogP contribution in [0.15, 0.2) is 127 Å². The van der Waals surface area contributed by atoms with Crippen molar-refractivity contribution in [2.24, 2.45) is 5.92 Å². The molecule has 3 heterocycles. The number of aliphatic hydroxyl groups is 2. The number of carboxylic acid groups (broad SMARTS) is 1. The Morgan fingerprint density at radius 1 is 0.559 bits per heavy atom. The lowest BCUT2D eigenvalue weighted by molar-refractivity contribution is -0.145. The number of amides is 4. The number of fused-ring (bicyclic) bond motifs is 18. The Morgan fingerprint density at radius 3 is 1.73 bits per heavy atom. The molecule has 5 aromatic rings. The minimum absolute atomic E-state index is 0.0376. The van der Waals surface area contributed by atoms with Gasteiger partial charge < -0.3 is 36.6 Å². The van der Waals surface area contributed by atoms with E-state index in [4.69, 9.17) is 0 Å². The van der Waals surface area contributed by atoms with E-state index < -0.39 is 78.1 Å². The van der Waals surface area contributed by atoms with Crippen LogP contribution in [0.5, 0.6) is 0 Å². The van der Waals surface area contributed by atoms with Crippen molar-refractivity contribution in [3.05, 3.63) is 148 Å². The molecule has 0 spiro atoms. The number of carbonyl (C=O) groups excluding carboxylic acids is 5. The molecule has 0 saturated heterocycles. The summed E-state index contributed by atoms with van der Waals surface area (Å²) in [7, 11) is 0.